The summed E-state index contributed by atoms with van der Waals surface area (Å²) >= 11 is 3.29. The highest BCUT2D eigenvalue weighted by molar-refractivity contribution is 9.10. The van der Waals surface area contributed by atoms with E-state index >= 15 is 0 Å². The van der Waals surface area contributed by atoms with Crippen molar-refractivity contribution in [2.45, 2.75) is 26.1 Å². The van der Waals surface area contributed by atoms with Crippen molar-refractivity contribution < 1.29 is 33.8 Å². The first-order valence-corrected chi connectivity index (χ1v) is 11.3. The Morgan fingerprint density at radius 1 is 0.743 bits per heavy atom. The molecule has 9 heteroatoms. The van der Waals surface area contributed by atoms with E-state index in [0.717, 1.165) is 11.1 Å². The summed E-state index contributed by atoms with van der Waals surface area (Å²) in [5.41, 5.74) is 2.26. The number of aryl methyl sites for hydroxylation is 2. The Balaban J connectivity index is 1.91. The van der Waals surface area contributed by atoms with Crippen molar-refractivity contribution in [3.8, 4) is 0 Å². The van der Waals surface area contributed by atoms with E-state index in [4.69, 9.17) is 9.47 Å². The summed E-state index contributed by atoms with van der Waals surface area (Å²) in [5, 5.41) is 12.3. The van der Waals surface area contributed by atoms with Crippen molar-refractivity contribution in [2.24, 2.45) is 0 Å². The predicted molar refractivity (Wildman–Crippen MR) is 131 cm³/mol. The summed E-state index contributed by atoms with van der Waals surface area (Å²) in [6, 6.07) is 19.1. The summed E-state index contributed by atoms with van der Waals surface area (Å²) in [6.07, 6.45) is -4.09. The second-order valence-electron chi connectivity index (χ2n) is 7.69. The first-order chi connectivity index (χ1) is 16.7. The molecule has 3 aromatic carbocycles. The number of hydrogen-bond acceptors (Lipinski definition) is 6. The average molecular weight is 540 g/mol. The molecule has 0 bridgehead atoms. The number of halogens is 1. The molecule has 0 aliphatic heterocycles. The molecular weight excluding hydrogens is 518 g/mol. The van der Waals surface area contributed by atoms with E-state index in [2.05, 4.69) is 21.2 Å². The molecule has 35 heavy (non-hydrogen) atoms. The number of carbonyl (C=O) groups excluding carboxylic acids is 3. The molecule has 0 spiro atoms. The topological polar surface area (TPSA) is 119 Å². The summed E-state index contributed by atoms with van der Waals surface area (Å²) in [5.74, 6) is -4.58. The smallest absolute Gasteiger partial charge is 0.349 e. The number of hydrogen-bond donors (Lipinski definition) is 2. The molecule has 0 heterocycles. The molecule has 180 valence electrons. The van der Waals surface area contributed by atoms with Crippen LogP contribution in [0.25, 0.3) is 0 Å². The van der Waals surface area contributed by atoms with Gasteiger partial charge in [-0.1, -0.05) is 47.5 Å². The SMILES string of the molecule is Cc1ccc(C(=O)O[C@@H](C(=O)O)[C@@H](OC(=O)c2ccc(C)cc2)C(=O)Nc2ccccc2Br)cc1. The molecule has 0 saturated heterocycles. The zero-order valence-electron chi connectivity index (χ0n) is 18.9. The van der Waals surface area contributed by atoms with Gasteiger partial charge in [-0.15, -0.1) is 0 Å². The van der Waals surface area contributed by atoms with Crippen LogP contribution in [0.1, 0.15) is 31.8 Å². The first kappa shape index (κ1) is 25.6. The summed E-state index contributed by atoms with van der Waals surface area (Å²) in [4.78, 5) is 50.6. The van der Waals surface area contributed by atoms with Gasteiger partial charge in [0, 0.05) is 4.47 Å². The third kappa shape index (κ3) is 6.77. The number of aliphatic carboxylic acids is 1. The fourth-order valence-electron chi connectivity index (χ4n) is 3.01. The zero-order chi connectivity index (χ0) is 25.5. The van der Waals surface area contributed by atoms with Crippen molar-refractivity contribution in [2.75, 3.05) is 5.32 Å². The third-order valence-electron chi connectivity index (χ3n) is 4.95. The molecule has 0 saturated carbocycles. The zero-order valence-corrected chi connectivity index (χ0v) is 20.4. The Morgan fingerprint density at radius 3 is 1.66 bits per heavy atom. The molecular formula is C26H22BrNO7. The summed E-state index contributed by atoms with van der Waals surface area (Å²) in [7, 11) is 0. The maximum Gasteiger partial charge on any atom is 0.349 e. The minimum Gasteiger partial charge on any atom is -0.478 e. The van der Waals surface area contributed by atoms with Crippen LogP contribution < -0.4 is 5.32 Å². The lowest BCUT2D eigenvalue weighted by Crippen LogP contribution is -2.48. The minimum absolute atomic E-state index is 0.0803. The third-order valence-corrected chi connectivity index (χ3v) is 5.64. The van der Waals surface area contributed by atoms with E-state index in [9.17, 15) is 24.3 Å². The number of para-hydroxylation sites is 1. The molecule has 8 nitrogen and oxygen atoms in total. The van der Waals surface area contributed by atoms with Crippen molar-refractivity contribution in [3.05, 3.63) is 99.5 Å². The molecule has 0 unspecified atom stereocenters. The molecule has 0 radical (unpaired) electrons. The van der Waals surface area contributed by atoms with Crippen LogP contribution in [0.3, 0.4) is 0 Å². The quantitative estimate of drug-likeness (QED) is 0.403. The normalized spacial score (nSPS) is 12.2. The highest BCUT2D eigenvalue weighted by Gasteiger charge is 2.41. The number of carboxylic acids is 1. The van der Waals surface area contributed by atoms with Crippen molar-refractivity contribution >= 4 is 45.4 Å². The van der Waals surface area contributed by atoms with Crippen LogP contribution in [0.5, 0.6) is 0 Å². The Labute approximate surface area is 210 Å². The maximum atomic E-state index is 13.1. The second kappa shape index (κ2) is 11.4. The Hall–Kier alpha value is -3.98. The molecule has 0 aliphatic carbocycles. The Morgan fingerprint density at radius 2 is 1.20 bits per heavy atom. The van der Waals surface area contributed by atoms with E-state index in [1.165, 1.54) is 24.3 Å². The molecule has 0 fully saturated rings. The number of rotatable bonds is 8. The monoisotopic (exact) mass is 539 g/mol. The number of carbonyl (C=O) groups is 4. The van der Waals surface area contributed by atoms with Crippen LogP contribution >= 0.6 is 15.9 Å². The number of esters is 2. The van der Waals surface area contributed by atoms with Gasteiger partial charge < -0.3 is 19.9 Å². The number of benzene rings is 3. The van der Waals surface area contributed by atoms with Crippen LogP contribution in [0.4, 0.5) is 5.69 Å². The number of carboxylic acid groups (broad SMARTS) is 1. The average Bonchev–Trinajstić information content (AvgIpc) is 2.83. The van der Waals surface area contributed by atoms with Gasteiger partial charge in [-0.2, -0.15) is 0 Å². The van der Waals surface area contributed by atoms with Crippen molar-refractivity contribution in [1.29, 1.82) is 0 Å². The van der Waals surface area contributed by atoms with Gasteiger partial charge in [0.15, 0.2) is 0 Å². The van der Waals surface area contributed by atoms with Gasteiger partial charge in [-0.25, -0.2) is 14.4 Å². The van der Waals surface area contributed by atoms with E-state index in [1.807, 2.05) is 13.8 Å². The van der Waals surface area contributed by atoms with Gasteiger partial charge in [-0.3, -0.25) is 4.79 Å². The Kier molecular flexibility index (Phi) is 8.38. The molecule has 3 aromatic rings. The summed E-state index contributed by atoms with van der Waals surface area (Å²) < 4.78 is 11.0. The van der Waals surface area contributed by atoms with E-state index in [-0.39, 0.29) is 11.1 Å². The Bertz CT molecular complexity index is 1240. The van der Waals surface area contributed by atoms with Crippen molar-refractivity contribution in [1.82, 2.24) is 0 Å². The van der Waals surface area contributed by atoms with Crippen LogP contribution in [0, 0.1) is 13.8 Å². The van der Waals surface area contributed by atoms with Crippen LogP contribution in [-0.4, -0.2) is 41.1 Å². The first-order valence-electron chi connectivity index (χ1n) is 10.5. The lowest BCUT2D eigenvalue weighted by molar-refractivity contribution is -0.157. The minimum atomic E-state index is -2.11. The van der Waals surface area contributed by atoms with Crippen LogP contribution in [0.15, 0.2) is 77.3 Å². The number of amides is 1. The van der Waals surface area contributed by atoms with Gasteiger partial charge in [0.2, 0.25) is 12.2 Å². The van der Waals surface area contributed by atoms with E-state index in [0.29, 0.717) is 10.2 Å². The van der Waals surface area contributed by atoms with Gasteiger partial charge in [0.05, 0.1) is 16.8 Å². The number of ether oxygens (including phenoxy) is 2. The predicted octanol–water partition coefficient (Wildman–Crippen LogP) is 4.54. The van der Waals surface area contributed by atoms with Gasteiger partial charge >= 0.3 is 17.9 Å². The van der Waals surface area contributed by atoms with Gasteiger partial charge in [-0.05, 0) is 66.2 Å². The molecule has 2 N–H and O–H groups in total. The van der Waals surface area contributed by atoms with E-state index < -0.39 is 36.0 Å². The number of anilines is 1. The van der Waals surface area contributed by atoms with Gasteiger partial charge in [0.25, 0.3) is 5.91 Å². The molecule has 0 aliphatic rings. The maximum absolute atomic E-state index is 13.1. The molecule has 0 aromatic heterocycles. The molecule has 3 rings (SSSR count). The van der Waals surface area contributed by atoms with Crippen LogP contribution in [0.2, 0.25) is 0 Å². The largest absolute Gasteiger partial charge is 0.478 e. The molecule has 1 amide bonds. The van der Waals surface area contributed by atoms with E-state index in [1.54, 1.807) is 48.5 Å². The fraction of sp³-hybridized carbons (Fsp3) is 0.154. The standard InChI is InChI=1S/C26H22BrNO7/c1-15-7-11-17(12-8-15)25(32)34-21(23(29)28-20-6-4-3-5-19(20)27)22(24(30)31)35-26(33)18-13-9-16(2)10-14-18/h3-14,21-22H,1-2H3,(H,28,29)(H,30,31)/t21-,22-/m1/s1. The highest BCUT2D eigenvalue weighted by atomic mass is 79.9. The second-order valence-corrected chi connectivity index (χ2v) is 8.55. The highest BCUT2D eigenvalue weighted by Crippen LogP contribution is 2.23. The number of nitrogens with one attached hydrogen (secondary N) is 1. The van der Waals surface area contributed by atoms with Crippen molar-refractivity contribution in [3.63, 3.8) is 0 Å². The fourth-order valence-corrected chi connectivity index (χ4v) is 3.39. The lowest BCUT2D eigenvalue weighted by atomic mass is 10.1. The summed E-state index contributed by atoms with van der Waals surface area (Å²) in [6.45, 7) is 3.65. The van der Waals surface area contributed by atoms with Gasteiger partial charge in [0.1, 0.15) is 0 Å². The molecule has 2 atom stereocenters. The van der Waals surface area contributed by atoms with Crippen LogP contribution in [-0.2, 0) is 19.1 Å². The lowest BCUT2D eigenvalue weighted by Gasteiger charge is -2.24.